The fraction of sp³-hybridized carbons (Fsp3) is 0.412. The predicted molar refractivity (Wildman–Crippen MR) is 97.7 cm³/mol. The van der Waals surface area contributed by atoms with Crippen molar-refractivity contribution in [1.82, 2.24) is 14.5 Å². The summed E-state index contributed by atoms with van der Waals surface area (Å²) in [7, 11) is -1.92. The van der Waals surface area contributed by atoms with Crippen LogP contribution in [0.4, 0.5) is 5.69 Å². The first kappa shape index (κ1) is 19.0. The standard InChI is InChI=1S/C17H24N4O3S/c1-5-20-11-10-18-16(20)12-19(3)17(22)13-21(25(4,23)24)15-8-6-14(2)7-9-15/h6-11H,5,12-13H2,1-4H3. The SMILES string of the molecule is CCn1ccnc1CN(C)C(=O)CN(c1ccc(C)cc1)S(C)(=O)=O. The molecule has 0 spiro atoms. The van der Waals surface area contributed by atoms with Crippen LogP contribution in [0.1, 0.15) is 18.3 Å². The second-order valence-electron chi connectivity index (χ2n) is 5.98. The van der Waals surface area contributed by atoms with E-state index in [1.165, 1.54) is 4.90 Å². The van der Waals surface area contributed by atoms with Gasteiger partial charge < -0.3 is 9.47 Å². The minimum atomic E-state index is -3.57. The summed E-state index contributed by atoms with van der Waals surface area (Å²) in [5.41, 5.74) is 1.50. The topological polar surface area (TPSA) is 75.5 Å². The number of nitrogens with zero attached hydrogens (tertiary/aromatic N) is 4. The number of rotatable bonds is 7. The van der Waals surface area contributed by atoms with Crippen molar-refractivity contribution >= 4 is 21.6 Å². The molecule has 2 rings (SSSR count). The number of hydrogen-bond acceptors (Lipinski definition) is 4. The fourth-order valence-electron chi connectivity index (χ4n) is 2.43. The minimum absolute atomic E-state index is 0.245. The highest BCUT2D eigenvalue weighted by atomic mass is 32.2. The van der Waals surface area contributed by atoms with Crippen molar-refractivity contribution in [3.63, 3.8) is 0 Å². The van der Waals surface area contributed by atoms with E-state index in [9.17, 15) is 13.2 Å². The number of aryl methyl sites for hydroxylation is 2. The average molecular weight is 364 g/mol. The molecule has 0 aliphatic heterocycles. The van der Waals surface area contributed by atoms with Crippen molar-refractivity contribution in [2.24, 2.45) is 0 Å². The second-order valence-corrected chi connectivity index (χ2v) is 7.89. The van der Waals surface area contributed by atoms with Crippen LogP contribution < -0.4 is 4.31 Å². The molecule has 8 heteroatoms. The van der Waals surface area contributed by atoms with Gasteiger partial charge in [0.15, 0.2) is 0 Å². The minimum Gasteiger partial charge on any atom is -0.337 e. The van der Waals surface area contributed by atoms with Gasteiger partial charge >= 0.3 is 0 Å². The Morgan fingerprint density at radius 3 is 2.44 bits per heavy atom. The van der Waals surface area contributed by atoms with E-state index in [1.54, 1.807) is 25.4 Å². The molecule has 2 aromatic rings. The third-order valence-corrected chi connectivity index (χ3v) is 5.09. The van der Waals surface area contributed by atoms with Crippen molar-refractivity contribution in [3.8, 4) is 0 Å². The van der Waals surface area contributed by atoms with Crippen LogP contribution in [0, 0.1) is 6.92 Å². The summed E-state index contributed by atoms with van der Waals surface area (Å²) in [5.74, 6) is 0.469. The number of imidazole rings is 1. The van der Waals surface area contributed by atoms with E-state index < -0.39 is 10.0 Å². The van der Waals surface area contributed by atoms with E-state index in [0.29, 0.717) is 12.2 Å². The van der Waals surface area contributed by atoms with Crippen LogP contribution in [0.2, 0.25) is 0 Å². The number of hydrogen-bond donors (Lipinski definition) is 0. The number of carbonyl (C=O) groups excluding carboxylic acids is 1. The Morgan fingerprint density at radius 2 is 1.88 bits per heavy atom. The molecule has 0 aliphatic rings. The molecule has 0 atom stereocenters. The van der Waals surface area contributed by atoms with Crippen molar-refractivity contribution < 1.29 is 13.2 Å². The highest BCUT2D eigenvalue weighted by molar-refractivity contribution is 7.92. The van der Waals surface area contributed by atoms with Gasteiger partial charge in [-0.3, -0.25) is 9.10 Å². The first-order valence-electron chi connectivity index (χ1n) is 8.00. The summed E-state index contributed by atoms with van der Waals surface area (Å²) in [6, 6.07) is 7.04. The molecule has 1 aromatic heterocycles. The quantitative estimate of drug-likeness (QED) is 0.748. The van der Waals surface area contributed by atoms with E-state index >= 15 is 0 Å². The van der Waals surface area contributed by atoms with Gasteiger partial charge in [-0.05, 0) is 26.0 Å². The molecule has 25 heavy (non-hydrogen) atoms. The highest BCUT2D eigenvalue weighted by Gasteiger charge is 2.23. The summed E-state index contributed by atoms with van der Waals surface area (Å²) < 4.78 is 27.3. The lowest BCUT2D eigenvalue weighted by atomic mass is 10.2. The third kappa shape index (κ3) is 4.82. The normalized spacial score (nSPS) is 11.4. The molecule has 1 heterocycles. The van der Waals surface area contributed by atoms with E-state index in [-0.39, 0.29) is 12.5 Å². The molecule has 0 fully saturated rings. The van der Waals surface area contributed by atoms with Crippen LogP contribution in [-0.4, -0.2) is 48.6 Å². The Balaban J connectivity index is 2.15. The van der Waals surface area contributed by atoms with Gasteiger partial charge in [-0.1, -0.05) is 17.7 Å². The first-order chi connectivity index (χ1) is 11.7. The van der Waals surface area contributed by atoms with Crippen molar-refractivity contribution in [1.29, 1.82) is 0 Å². The Hall–Kier alpha value is -2.35. The molecular weight excluding hydrogens is 340 g/mol. The summed E-state index contributed by atoms with van der Waals surface area (Å²) in [4.78, 5) is 18.3. The van der Waals surface area contributed by atoms with E-state index in [0.717, 1.165) is 28.5 Å². The number of benzene rings is 1. The number of likely N-dealkylation sites (N-methyl/N-ethyl adjacent to an activating group) is 1. The largest absolute Gasteiger partial charge is 0.337 e. The van der Waals surface area contributed by atoms with Gasteiger partial charge in [-0.25, -0.2) is 13.4 Å². The lowest BCUT2D eigenvalue weighted by molar-refractivity contribution is -0.128. The molecule has 0 aliphatic carbocycles. The lowest BCUT2D eigenvalue weighted by Gasteiger charge is -2.25. The smallest absolute Gasteiger partial charge is 0.243 e. The van der Waals surface area contributed by atoms with E-state index in [2.05, 4.69) is 4.98 Å². The number of sulfonamides is 1. The molecule has 1 amide bonds. The van der Waals surface area contributed by atoms with Gasteiger partial charge in [0.2, 0.25) is 15.9 Å². The lowest BCUT2D eigenvalue weighted by Crippen LogP contribution is -2.41. The van der Waals surface area contributed by atoms with Gasteiger partial charge in [-0.2, -0.15) is 0 Å². The van der Waals surface area contributed by atoms with Crippen LogP contribution in [-0.2, 0) is 27.9 Å². The van der Waals surface area contributed by atoms with Crippen LogP contribution in [0.5, 0.6) is 0 Å². The van der Waals surface area contributed by atoms with Crippen LogP contribution in [0.15, 0.2) is 36.7 Å². The number of amides is 1. The van der Waals surface area contributed by atoms with Crippen LogP contribution >= 0.6 is 0 Å². The maximum Gasteiger partial charge on any atom is 0.243 e. The molecule has 7 nitrogen and oxygen atoms in total. The maximum atomic E-state index is 12.5. The van der Waals surface area contributed by atoms with Crippen LogP contribution in [0.25, 0.3) is 0 Å². The number of carbonyl (C=O) groups is 1. The average Bonchev–Trinajstić information content (AvgIpc) is 2.99. The molecule has 0 unspecified atom stereocenters. The zero-order chi connectivity index (χ0) is 18.6. The molecule has 0 bridgehead atoms. The zero-order valence-corrected chi connectivity index (χ0v) is 15.8. The number of anilines is 1. The molecule has 0 radical (unpaired) electrons. The van der Waals surface area contributed by atoms with Crippen LogP contribution in [0.3, 0.4) is 0 Å². The van der Waals surface area contributed by atoms with Gasteiger partial charge in [0.05, 0.1) is 18.5 Å². The summed E-state index contributed by atoms with van der Waals surface area (Å²) >= 11 is 0. The summed E-state index contributed by atoms with van der Waals surface area (Å²) in [6.45, 7) is 4.76. The van der Waals surface area contributed by atoms with Gasteiger partial charge in [0, 0.05) is 26.0 Å². The molecule has 136 valence electrons. The third-order valence-electron chi connectivity index (χ3n) is 3.95. The van der Waals surface area contributed by atoms with Crippen molar-refractivity contribution in [2.45, 2.75) is 26.9 Å². The summed E-state index contributed by atoms with van der Waals surface area (Å²) in [6.07, 6.45) is 4.64. The van der Waals surface area contributed by atoms with Gasteiger partial charge in [0.1, 0.15) is 12.4 Å². The molecule has 1 aromatic carbocycles. The van der Waals surface area contributed by atoms with Crippen molar-refractivity contribution in [2.75, 3.05) is 24.2 Å². The Labute approximate surface area is 148 Å². The maximum absolute atomic E-state index is 12.5. The van der Waals surface area contributed by atoms with Gasteiger partial charge in [-0.15, -0.1) is 0 Å². The van der Waals surface area contributed by atoms with E-state index in [4.69, 9.17) is 0 Å². The number of aromatic nitrogens is 2. The van der Waals surface area contributed by atoms with E-state index in [1.807, 2.05) is 36.7 Å². The molecule has 0 saturated carbocycles. The second kappa shape index (κ2) is 7.69. The fourth-order valence-corrected chi connectivity index (χ4v) is 3.28. The highest BCUT2D eigenvalue weighted by Crippen LogP contribution is 2.18. The zero-order valence-electron chi connectivity index (χ0n) is 15.0. The Bertz CT molecular complexity index is 828. The molecule has 0 N–H and O–H groups in total. The predicted octanol–water partition coefficient (Wildman–Crippen LogP) is 1.64. The molecule has 0 saturated heterocycles. The van der Waals surface area contributed by atoms with Gasteiger partial charge in [0.25, 0.3) is 0 Å². The molecular formula is C17H24N4O3S. The monoisotopic (exact) mass is 364 g/mol. The van der Waals surface area contributed by atoms with Crippen molar-refractivity contribution in [3.05, 3.63) is 48.0 Å². The Kier molecular flexibility index (Phi) is 5.84. The summed E-state index contributed by atoms with van der Waals surface area (Å²) in [5, 5.41) is 0. The Morgan fingerprint density at radius 1 is 1.24 bits per heavy atom. The first-order valence-corrected chi connectivity index (χ1v) is 9.85.